The Hall–Kier alpha value is -0.0400. The minimum Gasteiger partial charge on any atom is -0.311 e. The summed E-state index contributed by atoms with van der Waals surface area (Å²) in [6.45, 7) is 14.7. The van der Waals surface area contributed by atoms with Crippen LogP contribution in [0.1, 0.15) is 92.9 Å². The number of nitrogens with one attached hydrogen (secondary N) is 1. The van der Waals surface area contributed by atoms with Gasteiger partial charge in [0, 0.05) is 12.1 Å². The smallest absolute Gasteiger partial charge is 0.0103 e. The van der Waals surface area contributed by atoms with Crippen LogP contribution in [0.25, 0.3) is 0 Å². The fourth-order valence-corrected chi connectivity index (χ4v) is 5.01. The van der Waals surface area contributed by atoms with Crippen LogP contribution in [-0.4, -0.2) is 12.1 Å². The maximum absolute atomic E-state index is 4.17. The zero-order valence-corrected chi connectivity index (χ0v) is 15.5. The van der Waals surface area contributed by atoms with Gasteiger partial charge in [0.2, 0.25) is 0 Å². The summed E-state index contributed by atoms with van der Waals surface area (Å²) in [5, 5.41) is 4.17. The van der Waals surface area contributed by atoms with Gasteiger partial charge in [-0.15, -0.1) is 0 Å². The van der Waals surface area contributed by atoms with E-state index in [0.29, 0.717) is 10.8 Å². The lowest BCUT2D eigenvalue weighted by atomic mass is 9.67. The molecule has 124 valence electrons. The van der Waals surface area contributed by atoms with Crippen molar-refractivity contribution in [2.45, 2.75) is 105 Å². The zero-order valence-electron chi connectivity index (χ0n) is 15.5. The molecule has 4 atom stereocenters. The second kappa shape index (κ2) is 6.60. The first-order chi connectivity index (χ1) is 9.69. The molecule has 0 amide bonds. The lowest BCUT2D eigenvalue weighted by Crippen LogP contribution is -2.53. The second-order valence-corrected chi connectivity index (χ2v) is 9.89. The fourth-order valence-electron chi connectivity index (χ4n) is 5.01. The predicted octanol–water partition coefficient (Wildman–Crippen LogP) is 5.79. The molecule has 0 bridgehead atoms. The summed E-state index contributed by atoms with van der Waals surface area (Å²) in [5.74, 6) is 1.71. The monoisotopic (exact) mass is 293 g/mol. The minimum absolute atomic E-state index is 0.448. The Morgan fingerprint density at radius 3 is 1.24 bits per heavy atom. The van der Waals surface area contributed by atoms with E-state index in [-0.39, 0.29) is 0 Å². The average Bonchev–Trinajstić information content (AvgIpc) is 2.37. The summed E-state index contributed by atoms with van der Waals surface area (Å²) >= 11 is 0. The topological polar surface area (TPSA) is 12.0 Å². The van der Waals surface area contributed by atoms with Crippen molar-refractivity contribution in [1.29, 1.82) is 0 Å². The van der Waals surface area contributed by atoms with Crippen LogP contribution in [0.5, 0.6) is 0 Å². The van der Waals surface area contributed by atoms with E-state index in [9.17, 15) is 0 Å². The van der Waals surface area contributed by atoms with Crippen molar-refractivity contribution >= 4 is 0 Å². The number of rotatable bonds is 2. The first-order valence-electron chi connectivity index (χ1n) is 9.45. The van der Waals surface area contributed by atoms with Gasteiger partial charge in [0.05, 0.1) is 0 Å². The Bertz CT molecular complexity index is 288. The Labute approximate surface area is 133 Å². The van der Waals surface area contributed by atoms with Crippen molar-refractivity contribution in [1.82, 2.24) is 5.32 Å². The van der Waals surface area contributed by atoms with Crippen molar-refractivity contribution in [3.8, 4) is 0 Å². The molecule has 2 aliphatic carbocycles. The first kappa shape index (κ1) is 17.3. The van der Waals surface area contributed by atoms with Crippen molar-refractivity contribution in [3.63, 3.8) is 0 Å². The summed E-state index contributed by atoms with van der Waals surface area (Å²) in [6, 6.07) is 1.51. The van der Waals surface area contributed by atoms with Gasteiger partial charge in [-0.1, -0.05) is 67.2 Å². The van der Waals surface area contributed by atoms with Crippen molar-refractivity contribution in [2.24, 2.45) is 22.7 Å². The summed E-state index contributed by atoms with van der Waals surface area (Å²) < 4.78 is 0. The fraction of sp³-hybridized carbons (Fsp3) is 1.00. The lowest BCUT2D eigenvalue weighted by Gasteiger charge is -2.47. The lowest BCUT2D eigenvalue weighted by molar-refractivity contribution is 0.0764. The highest BCUT2D eigenvalue weighted by atomic mass is 15.0. The molecule has 0 spiro atoms. The van der Waals surface area contributed by atoms with E-state index >= 15 is 0 Å². The molecule has 2 aliphatic rings. The molecule has 2 rings (SSSR count). The summed E-state index contributed by atoms with van der Waals surface area (Å²) in [4.78, 5) is 0. The minimum atomic E-state index is 0.448. The molecule has 0 heterocycles. The normalized spacial score (nSPS) is 35.7. The standard InChI is InChI=1S/C20H39N/c1-19(2,3)15-11-7-9-13-17(15)21-18-14-10-8-12-16(18)20(4,5)6/h15-18,21H,7-14H2,1-6H3. The van der Waals surface area contributed by atoms with Crippen LogP contribution in [0.4, 0.5) is 0 Å². The predicted molar refractivity (Wildman–Crippen MR) is 93.5 cm³/mol. The van der Waals surface area contributed by atoms with Gasteiger partial charge in [-0.3, -0.25) is 0 Å². The van der Waals surface area contributed by atoms with Crippen molar-refractivity contribution in [2.75, 3.05) is 0 Å². The highest BCUT2D eigenvalue weighted by Crippen LogP contribution is 2.42. The Kier molecular flexibility index (Phi) is 5.45. The van der Waals surface area contributed by atoms with Gasteiger partial charge in [0.1, 0.15) is 0 Å². The molecule has 0 aromatic rings. The Morgan fingerprint density at radius 2 is 0.905 bits per heavy atom. The highest BCUT2D eigenvalue weighted by Gasteiger charge is 2.39. The SMILES string of the molecule is CC(C)(C)C1CCCCC1NC1CCCCC1C(C)(C)C. The quantitative estimate of drug-likeness (QED) is 0.680. The van der Waals surface area contributed by atoms with Crippen LogP contribution in [0, 0.1) is 22.7 Å². The van der Waals surface area contributed by atoms with Gasteiger partial charge in [-0.05, 0) is 48.3 Å². The molecule has 0 aliphatic heterocycles. The third-order valence-electron chi connectivity index (χ3n) is 6.18. The summed E-state index contributed by atoms with van der Waals surface area (Å²) in [5.41, 5.74) is 0.897. The zero-order chi connectivity index (χ0) is 15.7. The maximum Gasteiger partial charge on any atom is 0.0103 e. The van der Waals surface area contributed by atoms with Gasteiger partial charge in [-0.25, -0.2) is 0 Å². The highest BCUT2D eigenvalue weighted by molar-refractivity contribution is 4.94. The van der Waals surface area contributed by atoms with Crippen molar-refractivity contribution < 1.29 is 0 Å². The largest absolute Gasteiger partial charge is 0.311 e. The molecule has 21 heavy (non-hydrogen) atoms. The third-order valence-corrected chi connectivity index (χ3v) is 6.18. The van der Waals surface area contributed by atoms with Crippen molar-refractivity contribution in [3.05, 3.63) is 0 Å². The molecule has 1 nitrogen and oxygen atoms in total. The molecule has 1 N–H and O–H groups in total. The maximum atomic E-state index is 4.17. The molecule has 2 fully saturated rings. The first-order valence-corrected chi connectivity index (χ1v) is 9.45. The van der Waals surface area contributed by atoms with E-state index in [2.05, 4.69) is 46.9 Å². The number of hydrogen-bond donors (Lipinski definition) is 1. The van der Waals surface area contributed by atoms with Gasteiger partial charge < -0.3 is 5.32 Å². The van der Waals surface area contributed by atoms with E-state index in [4.69, 9.17) is 0 Å². The van der Waals surface area contributed by atoms with E-state index in [1.54, 1.807) is 0 Å². The Balaban J connectivity index is 2.06. The molecular formula is C20H39N. The summed E-state index contributed by atoms with van der Waals surface area (Å²) in [6.07, 6.45) is 11.4. The molecule has 1 heteroatoms. The van der Waals surface area contributed by atoms with E-state index in [1.807, 2.05) is 0 Å². The van der Waals surface area contributed by atoms with Gasteiger partial charge in [0.15, 0.2) is 0 Å². The molecule has 4 unspecified atom stereocenters. The summed E-state index contributed by atoms with van der Waals surface area (Å²) in [7, 11) is 0. The molecular weight excluding hydrogens is 254 g/mol. The molecule has 0 aromatic heterocycles. The van der Waals surface area contributed by atoms with Gasteiger partial charge in [0.25, 0.3) is 0 Å². The average molecular weight is 294 g/mol. The van der Waals surface area contributed by atoms with E-state index in [1.165, 1.54) is 51.4 Å². The molecule has 0 aromatic carbocycles. The molecule has 0 saturated heterocycles. The molecule has 2 saturated carbocycles. The second-order valence-electron chi connectivity index (χ2n) is 9.89. The Morgan fingerprint density at radius 1 is 0.571 bits per heavy atom. The van der Waals surface area contributed by atoms with Crippen LogP contribution in [0.15, 0.2) is 0 Å². The van der Waals surface area contributed by atoms with E-state index in [0.717, 1.165) is 23.9 Å². The number of hydrogen-bond acceptors (Lipinski definition) is 1. The molecule has 0 radical (unpaired) electrons. The van der Waals surface area contributed by atoms with Crippen LogP contribution < -0.4 is 5.32 Å². The van der Waals surface area contributed by atoms with Crippen LogP contribution in [-0.2, 0) is 0 Å². The van der Waals surface area contributed by atoms with Crippen LogP contribution >= 0.6 is 0 Å². The third kappa shape index (κ3) is 4.47. The van der Waals surface area contributed by atoms with Gasteiger partial charge >= 0.3 is 0 Å². The van der Waals surface area contributed by atoms with Crippen LogP contribution in [0.3, 0.4) is 0 Å². The van der Waals surface area contributed by atoms with Gasteiger partial charge in [-0.2, -0.15) is 0 Å². The van der Waals surface area contributed by atoms with E-state index < -0.39 is 0 Å². The van der Waals surface area contributed by atoms with Crippen LogP contribution in [0.2, 0.25) is 0 Å².